The molecular formula is C13H25NO2. The van der Waals surface area contributed by atoms with Crippen LogP contribution in [0.4, 0.5) is 4.79 Å². The fourth-order valence-electron chi connectivity index (χ4n) is 1.29. The number of rotatable bonds is 8. The maximum Gasteiger partial charge on any atom is 0.411 e. The van der Waals surface area contributed by atoms with Crippen molar-refractivity contribution in [2.75, 3.05) is 6.61 Å². The highest BCUT2D eigenvalue weighted by molar-refractivity contribution is 5.68. The first-order valence-corrected chi connectivity index (χ1v) is 6.23. The number of ether oxygens (including phenoxy) is 1. The normalized spacial score (nSPS) is 9.69. The van der Waals surface area contributed by atoms with Crippen LogP contribution in [0.1, 0.15) is 59.3 Å². The molecule has 0 rings (SSSR count). The Morgan fingerprint density at radius 2 is 1.75 bits per heavy atom. The molecule has 0 unspecified atom stereocenters. The Hall–Kier alpha value is -0.990. The van der Waals surface area contributed by atoms with Gasteiger partial charge >= 0.3 is 6.09 Å². The molecule has 0 radical (unpaired) electrons. The van der Waals surface area contributed by atoms with Crippen molar-refractivity contribution >= 4 is 6.09 Å². The molecule has 0 bridgehead atoms. The first kappa shape index (κ1) is 15.0. The first-order chi connectivity index (χ1) is 7.66. The van der Waals surface area contributed by atoms with Gasteiger partial charge in [0.1, 0.15) is 0 Å². The maximum atomic E-state index is 11.1. The van der Waals surface area contributed by atoms with Crippen LogP contribution in [0.5, 0.6) is 0 Å². The zero-order valence-corrected chi connectivity index (χ0v) is 10.8. The zero-order valence-electron chi connectivity index (χ0n) is 10.8. The van der Waals surface area contributed by atoms with E-state index >= 15 is 0 Å². The van der Waals surface area contributed by atoms with Gasteiger partial charge in [0.25, 0.3) is 0 Å². The van der Waals surface area contributed by atoms with Gasteiger partial charge in [0.2, 0.25) is 0 Å². The minimum Gasteiger partial charge on any atom is -0.449 e. The van der Waals surface area contributed by atoms with Gasteiger partial charge in [-0.2, -0.15) is 0 Å². The standard InChI is InChI=1S/C13H25NO2/c1-4-5-6-7-8-9-10-16-13(15)14-11-12(2)3/h11H,4-10H2,1-3H3,(H,14,15). The number of hydrogen-bond acceptors (Lipinski definition) is 2. The molecule has 0 aliphatic carbocycles. The third-order valence-corrected chi connectivity index (χ3v) is 2.21. The Morgan fingerprint density at radius 1 is 1.12 bits per heavy atom. The number of amides is 1. The molecular weight excluding hydrogens is 202 g/mol. The lowest BCUT2D eigenvalue weighted by atomic mass is 10.1. The van der Waals surface area contributed by atoms with Crippen LogP contribution in [0.15, 0.2) is 11.8 Å². The second kappa shape index (κ2) is 10.5. The van der Waals surface area contributed by atoms with Gasteiger partial charge in [-0.05, 0) is 20.3 Å². The van der Waals surface area contributed by atoms with E-state index in [9.17, 15) is 4.79 Å². The summed E-state index contributed by atoms with van der Waals surface area (Å²) in [6.45, 7) is 6.58. The fourth-order valence-corrected chi connectivity index (χ4v) is 1.29. The SMILES string of the molecule is CCCCCCCCOC(=O)NC=C(C)C. The van der Waals surface area contributed by atoms with Gasteiger partial charge in [-0.15, -0.1) is 0 Å². The van der Waals surface area contributed by atoms with Crippen LogP contribution in [-0.4, -0.2) is 12.7 Å². The van der Waals surface area contributed by atoms with Crippen molar-refractivity contribution in [2.45, 2.75) is 59.3 Å². The van der Waals surface area contributed by atoms with Gasteiger partial charge < -0.3 is 4.74 Å². The van der Waals surface area contributed by atoms with Gasteiger partial charge in [-0.3, -0.25) is 5.32 Å². The smallest absolute Gasteiger partial charge is 0.411 e. The summed E-state index contributed by atoms with van der Waals surface area (Å²) >= 11 is 0. The van der Waals surface area contributed by atoms with E-state index in [1.54, 1.807) is 6.20 Å². The van der Waals surface area contributed by atoms with E-state index in [0.717, 1.165) is 18.4 Å². The molecule has 1 amide bonds. The molecule has 0 spiro atoms. The second-order valence-electron chi connectivity index (χ2n) is 4.27. The fraction of sp³-hybridized carbons (Fsp3) is 0.769. The van der Waals surface area contributed by atoms with Crippen LogP contribution in [0, 0.1) is 0 Å². The lowest BCUT2D eigenvalue weighted by Gasteiger charge is -2.04. The summed E-state index contributed by atoms with van der Waals surface area (Å²) in [6.07, 6.45) is 8.53. The molecule has 0 fully saturated rings. The van der Waals surface area contributed by atoms with E-state index in [-0.39, 0.29) is 6.09 Å². The summed E-state index contributed by atoms with van der Waals surface area (Å²) in [5.41, 5.74) is 1.05. The highest BCUT2D eigenvalue weighted by Crippen LogP contribution is 2.04. The summed E-state index contributed by atoms with van der Waals surface area (Å²) < 4.78 is 5.00. The molecule has 94 valence electrons. The Morgan fingerprint density at radius 3 is 2.38 bits per heavy atom. The molecule has 0 aromatic rings. The first-order valence-electron chi connectivity index (χ1n) is 6.23. The summed E-state index contributed by atoms with van der Waals surface area (Å²) in [5, 5.41) is 2.57. The van der Waals surface area contributed by atoms with E-state index in [1.165, 1.54) is 25.7 Å². The van der Waals surface area contributed by atoms with Gasteiger partial charge in [-0.1, -0.05) is 44.6 Å². The molecule has 0 aliphatic rings. The lowest BCUT2D eigenvalue weighted by molar-refractivity contribution is 0.147. The minimum atomic E-state index is -0.352. The number of hydrogen-bond donors (Lipinski definition) is 1. The third-order valence-electron chi connectivity index (χ3n) is 2.21. The molecule has 3 heteroatoms. The number of nitrogens with one attached hydrogen (secondary N) is 1. The number of carbonyl (C=O) groups is 1. The molecule has 0 saturated carbocycles. The van der Waals surface area contributed by atoms with Crippen molar-refractivity contribution in [2.24, 2.45) is 0 Å². The predicted octanol–water partition coefficient (Wildman–Crippen LogP) is 4.00. The van der Waals surface area contributed by atoms with E-state index in [4.69, 9.17) is 4.74 Å². The molecule has 0 heterocycles. The molecule has 0 saturated heterocycles. The molecule has 0 atom stereocenters. The molecule has 0 aromatic heterocycles. The Kier molecular flexibility index (Phi) is 9.87. The van der Waals surface area contributed by atoms with E-state index in [2.05, 4.69) is 12.2 Å². The summed E-state index contributed by atoms with van der Waals surface area (Å²) in [7, 11) is 0. The average Bonchev–Trinajstić information content (AvgIpc) is 2.25. The van der Waals surface area contributed by atoms with Gasteiger partial charge in [0.15, 0.2) is 0 Å². The maximum absolute atomic E-state index is 11.1. The third kappa shape index (κ3) is 11.1. The number of allylic oxidation sites excluding steroid dienone is 1. The lowest BCUT2D eigenvalue weighted by Crippen LogP contribution is -2.19. The Labute approximate surface area is 99.3 Å². The summed E-state index contributed by atoms with van der Waals surface area (Å²) in [6, 6.07) is 0. The van der Waals surface area contributed by atoms with Gasteiger partial charge in [0.05, 0.1) is 6.61 Å². The van der Waals surface area contributed by atoms with Crippen LogP contribution in [-0.2, 0) is 4.74 Å². The number of alkyl carbamates (subject to hydrolysis) is 1. The monoisotopic (exact) mass is 227 g/mol. The van der Waals surface area contributed by atoms with Crippen LogP contribution >= 0.6 is 0 Å². The zero-order chi connectivity index (χ0) is 12.2. The highest BCUT2D eigenvalue weighted by atomic mass is 16.5. The van der Waals surface area contributed by atoms with E-state index < -0.39 is 0 Å². The van der Waals surface area contributed by atoms with Gasteiger partial charge in [-0.25, -0.2) is 4.79 Å². The average molecular weight is 227 g/mol. The molecule has 16 heavy (non-hydrogen) atoms. The Balaban J connectivity index is 3.25. The van der Waals surface area contributed by atoms with Crippen molar-refractivity contribution in [1.29, 1.82) is 0 Å². The van der Waals surface area contributed by atoms with Crippen molar-refractivity contribution in [3.8, 4) is 0 Å². The second-order valence-corrected chi connectivity index (χ2v) is 4.27. The summed E-state index contributed by atoms with van der Waals surface area (Å²) in [4.78, 5) is 11.1. The quantitative estimate of drug-likeness (QED) is 0.636. The van der Waals surface area contributed by atoms with Crippen LogP contribution in [0.25, 0.3) is 0 Å². The van der Waals surface area contributed by atoms with Crippen molar-refractivity contribution in [3.05, 3.63) is 11.8 Å². The topological polar surface area (TPSA) is 38.3 Å². The van der Waals surface area contributed by atoms with Crippen molar-refractivity contribution in [1.82, 2.24) is 5.32 Å². The van der Waals surface area contributed by atoms with Crippen LogP contribution in [0.2, 0.25) is 0 Å². The largest absolute Gasteiger partial charge is 0.449 e. The molecule has 1 N–H and O–H groups in total. The summed E-state index contributed by atoms with van der Waals surface area (Å²) in [5.74, 6) is 0. The van der Waals surface area contributed by atoms with Gasteiger partial charge in [0, 0.05) is 6.20 Å². The minimum absolute atomic E-state index is 0.352. The van der Waals surface area contributed by atoms with E-state index in [0.29, 0.717) is 6.61 Å². The number of carbonyl (C=O) groups excluding carboxylic acids is 1. The molecule has 0 aliphatic heterocycles. The number of unbranched alkanes of at least 4 members (excludes halogenated alkanes) is 5. The van der Waals surface area contributed by atoms with E-state index in [1.807, 2.05) is 13.8 Å². The van der Waals surface area contributed by atoms with Crippen LogP contribution in [0.3, 0.4) is 0 Å². The molecule has 3 nitrogen and oxygen atoms in total. The Bertz CT molecular complexity index is 208. The van der Waals surface area contributed by atoms with Crippen LogP contribution < -0.4 is 5.32 Å². The molecule has 0 aromatic carbocycles. The van der Waals surface area contributed by atoms with Crippen molar-refractivity contribution in [3.63, 3.8) is 0 Å². The highest BCUT2D eigenvalue weighted by Gasteiger charge is 1.98. The predicted molar refractivity (Wildman–Crippen MR) is 67.3 cm³/mol. The van der Waals surface area contributed by atoms with Crippen molar-refractivity contribution < 1.29 is 9.53 Å².